The SMILES string of the molecule is C=CC(=O)OCCOCCOCCOc1ccc(C(C)(C)c2ccc(C(C)(C)c3ccc(OCCOCCOCCOC(=O)C=C)cc3)cc2)cc1. The largest absolute Gasteiger partial charge is 0.491 e. The molecule has 10 heteroatoms. The van der Waals surface area contributed by atoms with Crippen molar-refractivity contribution in [2.24, 2.45) is 0 Å². The van der Waals surface area contributed by atoms with E-state index in [9.17, 15) is 9.59 Å². The number of carbonyl (C=O) groups excluding carboxylic acids is 2. The summed E-state index contributed by atoms with van der Waals surface area (Å²) in [6.45, 7) is 20.0. The Morgan fingerprint density at radius 3 is 0.981 bits per heavy atom. The fraction of sp³-hybridized carbons (Fsp3) is 0.429. The van der Waals surface area contributed by atoms with Crippen LogP contribution in [-0.2, 0) is 48.8 Å². The van der Waals surface area contributed by atoms with Gasteiger partial charge in [0, 0.05) is 23.0 Å². The highest BCUT2D eigenvalue weighted by Gasteiger charge is 2.26. The van der Waals surface area contributed by atoms with E-state index >= 15 is 0 Å². The Morgan fingerprint density at radius 2 is 0.692 bits per heavy atom. The fourth-order valence-electron chi connectivity index (χ4n) is 5.17. The average Bonchev–Trinajstić information content (AvgIpc) is 3.16. The van der Waals surface area contributed by atoms with Gasteiger partial charge in [-0.15, -0.1) is 0 Å². The van der Waals surface area contributed by atoms with Gasteiger partial charge in [-0.1, -0.05) is 89.4 Å². The van der Waals surface area contributed by atoms with Gasteiger partial charge in [0.05, 0.1) is 52.9 Å². The first kappa shape index (κ1) is 41.9. The second-order valence-corrected chi connectivity index (χ2v) is 12.8. The van der Waals surface area contributed by atoms with Crippen molar-refractivity contribution in [2.75, 3.05) is 79.3 Å². The van der Waals surface area contributed by atoms with Gasteiger partial charge in [-0.2, -0.15) is 0 Å². The summed E-state index contributed by atoms with van der Waals surface area (Å²) in [5, 5.41) is 0. The Bertz CT molecular complexity index is 1380. The molecule has 0 spiro atoms. The minimum Gasteiger partial charge on any atom is -0.491 e. The summed E-state index contributed by atoms with van der Waals surface area (Å²) in [6, 6.07) is 25.3. The molecular formula is C42H54O10. The number of esters is 2. The number of hydrogen-bond acceptors (Lipinski definition) is 10. The summed E-state index contributed by atoms with van der Waals surface area (Å²) in [5.74, 6) is 0.653. The second kappa shape index (κ2) is 22.5. The summed E-state index contributed by atoms with van der Waals surface area (Å²) in [6.07, 6.45) is 2.24. The second-order valence-electron chi connectivity index (χ2n) is 12.8. The van der Waals surface area contributed by atoms with Crippen LogP contribution in [0.4, 0.5) is 0 Å². The summed E-state index contributed by atoms with van der Waals surface area (Å²) in [4.78, 5) is 22.0. The molecule has 0 aliphatic heterocycles. The highest BCUT2D eigenvalue weighted by molar-refractivity contribution is 5.81. The van der Waals surface area contributed by atoms with Crippen LogP contribution in [0.2, 0.25) is 0 Å². The van der Waals surface area contributed by atoms with Crippen LogP contribution in [0.5, 0.6) is 11.5 Å². The van der Waals surface area contributed by atoms with Gasteiger partial charge in [0.25, 0.3) is 0 Å². The molecule has 3 rings (SSSR count). The Hall–Kier alpha value is -4.48. The van der Waals surface area contributed by atoms with E-state index in [1.165, 1.54) is 22.3 Å². The molecule has 0 aliphatic rings. The van der Waals surface area contributed by atoms with Crippen molar-refractivity contribution in [3.05, 3.63) is 120 Å². The van der Waals surface area contributed by atoms with Crippen LogP contribution < -0.4 is 9.47 Å². The van der Waals surface area contributed by atoms with E-state index in [1.807, 2.05) is 24.3 Å². The van der Waals surface area contributed by atoms with E-state index < -0.39 is 11.9 Å². The normalized spacial score (nSPS) is 11.5. The van der Waals surface area contributed by atoms with Crippen molar-refractivity contribution in [3.8, 4) is 11.5 Å². The molecule has 0 saturated heterocycles. The first-order valence-electron chi connectivity index (χ1n) is 17.5. The predicted octanol–water partition coefficient (Wildman–Crippen LogP) is 6.62. The van der Waals surface area contributed by atoms with Crippen LogP contribution in [0.15, 0.2) is 98.1 Å². The van der Waals surface area contributed by atoms with Crippen molar-refractivity contribution in [3.63, 3.8) is 0 Å². The highest BCUT2D eigenvalue weighted by atomic mass is 16.6. The zero-order valence-electron chi connectivity index (χ0n) is 31.1. The molecule has 0 unspecified atom stereocenters. The average molecular weight is 719 g/mol. The minimum absolute atomic E-state index is 0.191. The van der Waals surface area contributed by atoms with E-state index in [4.69, 9.17) is 37.9 Å². The maximum absolute atomic E-state index is 11.0. The van der Waals surface area contributed by atoms with Gasteiger partial charge in [-0.3, -0.25) is 0 Å². The van der Waals surface area contributed by atoms with Crippen LogP contribution >= 0.6 is 0 Å². The Labute approximate surface area is 308 Å². The third-order valence-electron chi connectivity index (χ3n) is 8.49. The van der Waals surface area contributed by atoms with E-state index in [-0.39, 0.29) is 24.0 Å². The number of hydrogen-bond donors (Lipinski definition) is 0. The molecule has 0 amide bonds. The maximum atomic E-state index is 11.0. The van der Waals surface area contributed by atoms with Crippen LogP contribution in [0, 0.1) is 0 Å². The number of ether oxygens (including phenoxy) is 8. The summed E-state index contributed by atoms with van der Waals surface area (Å²) >= 11 is 0. The molecular weight excluding hydrogens is 664 g/mol. The van der Waals surface area contributed by atoms with Crippen molar-refractivity contribution >= 4 is 11.9 Å². The molecule has 0 saturated carbocycles. The van der Waals surface area contributed by atoms with Gasteiger partial charge < -0.3 is 37.9 Å². The minimum atomic E-state index is -0.460. The van der Waals surface area contributed by atoms with Crippen molar-refractivity contribution in [1.82, 2.24) is 0 Å². The summed E-state index contributed by atoms with van der Waals surface area (Å²) < 4.78 is 43.2. The molecule has 0 bridgehead atoms. The van der Waals surface area contributed by atoms with Gasteiger partial charge >= 0.3 is 11.9 Å². The standard InChI is InChI=1S/C42H54O10/c1-7-39(43)51-31-27-47-23-21-45-25-29-49-37-17-13-35(14-18-37)41(3,4)33-9-11-34(12-10-33)42(5,6)36-15-19-38(20-16-36)50-30-26-46-22-24-48-28-32-52-40(44)8-2/h7-20H,1-2,21-32H2,3-6H3. The zero-order chi connectivity index (χ0) is 37.7. The third kappa shape index (κ3) is 14.3. The van der Waals surface area contributed by atoms with Crippen LogP contribution in [0.1, 0.15) is 49.9 Å². The molecule has 0 aliphatic carbocycles. The summed E-state index contributed by atoms with van der Waals surface area (Å²) in [7, 11) is 0. The topological polar surface area (TPSA) is 108 Å². The molecule has 3 aromatic rings. The van der Waals surface area contributed by atoms with E-state index in [0.717, 1.165) is 23.7 Å². The predicted molar refractivity (Wildman–Crippen MR) is 200 cm³/mol. The van der Waals surface area contributed by atoms with E-state index in [0.29, 0.717) is 66.1 Å². The van der Waals surface area contributed by atoms with Gasteiger partial charge in [-0.25, -0.2) is 9.59 Å². The molecule has 52 heavy (non-hydrogen) atoms. The van der Waals surface area contributed by atoms with Crippen LogP contribution in [-0.4, -0.2) is 91.2 Å². The Balaban J connectivity index is 1.38. The van der Waals surface area contributed by atoms with Crippen molar-refractivity contribution in [1.29, 1.82) is 0 Å². The number of benzene rings is 3. The van der Waals surface area contributed by atoms with Crippen LogP contribution in [0.25, 0.3) is 0 Å². The quantitative estimate of drug-likeness (QED) is 0.0511. The highest BCUT2D eigenvalue weighted by Crippen LogP contribution is 2.36. The number of rotatable bonds is 26. The zero-order valence-corrected chi connectivity index (χ0v) is 31.1. The van der Waals surface area contributed by atoms with E-state index in [1.54, 1.807) is 0 Å². The lowest BCUT2D eigenvalue weighted by molar-refractivity contribution is -0.140. The summed E-state index contributed by atoms with van der Waals surface area (Å²) in [5.41, 5.74) is 4.43. The van der Waals surface area contributed by atoms with Crippen molar-refractivity contribution < 1.29 is 47.5 Å². The molecule has 0 radical (unpaired) electrons. The number of carbonyl (C=O) groups is 2. The lowest BCUT2D eigenvalue weighted by Crippen LogP contribution is -2.21. The molecule has 0 atom stereocenters. The Kier molecular flexibility index (Phi) is 18.1. The molecule has 10 nitrogen and oxygen atoms in total. The smallest absolute Gasteiger partial charge is 0.330 e. The molecule has 282 valence electrons. The van der Waals surface area contributed by atoms with E-state index in [2.05, 4.69) is 89.4 Å². The van der Waals surface area contributed by atoms with Crippen molar-refractivity contribution in [2.45, 2.75) is 38.5 Å². The maximum Gasteiger partial charge on any atom is 0.330 e. The monoisotopic (exact) mass is 718 g/mol. The molecule has 0 N–H and O–H groups in total. The molecule has 3 aromatic carbocycles. The van der Waals surface area contributed by atoms with Gasteiger partial charge in [0.15, 0.2) is 0 Å². The molecule has 0 heterocycles. The third-order valence-corrected chi connectivity index (χ3v) is 8.49. The fourth-order valence-corrected chi connectivity index (χ4v) is 5.17. The first-order chi connectivity index (χ1) is 25.1. The van der Waals surface area contributed by atoms with Gasteiger partial charge in [0.1, 0.15) is 37.9 Å². The molecule has 0 aromatic heterocycles. The van der Waals surface area contributed by atoms with Gasteiger partial charge in [-0.05, 0) is 46.5 Å². The first-order valence-corrected chi connectivity index (χ1v) is 17.5. The van der Waals surface area contributed by atoms with Gasteiger partial charge in [0.2, 0.25) is 0 Å². The van der Waals surface area contributed by atoms with Crippen LogP contribution in [0.3, 0.4) is 0 Å². The molecule has 0 fully saturated rings. The lowest BCUT2D eigenvalue weighted by Gasteiger charge is -2.29. The Morgan fingerprint density at radius 1 is 0.442 bits per heavy atom. The lowest BCUT2D eigenvalue weighted by atomic mass is 9.74.